The lowest BCUT2D eigenvalue weighted by Crippen LogP contribution is -2.23. The average Bonchev–Trinajstić information content (AvgIpc) is 3.39. The molecule has 8 nitrogen and oxygen atoms in total. The van der Waals surface area contributed by atoms with E-state index in [9.17, 15) is 14.4 Å². The highest BCUT2D eigenvalue weighted by atomic mass is 16.6. The van der Waals surface area contributed by atoms with Crippen LogP contribution in [0.5, 0.6) is 0 Å². The van der Waals surface area contributed by atoms with Gasteiger partial charge in [-0.1, -0.05) is 49.0 Å². The molecule has 0 aromatic carbocycles. The Bertz CT molecular complexity index is 335. The first-order chi connectivity index (χ1) is 12.9. The number of likely N-dealkylation sites (N-methyl/N-ethyl adjacent to an activating group) is 2. The lowest BCUT2D eigenvalue weighted by molar-refractivity contribution is -0.126. The van der Waals surface area contributed by atoms with Gasteiger partial charge < -0.3 is 24.8 Å². The molecule has 3 heterocycles. The number of amides is 4. The third kappa shape index (κ3) is 16.2. The van der Waals surface area contributed by atoms with Crippen LogP contribution in [0, 0.1) is 0 Å². The Hall–Kier alpha value is -1.99. The predicted molar refractivity (Wildman–Crippen MR) is 118 cm³/mol. The summed E-state index contributed by atoms with van der Waals surface area (Å²) in [6.45, 7) is 15.9. The smallest absolute Gasteiger partial charge is 0.409 e. The van der Waals surface area contributed by atoms with E-state index in [1.54, 1.807) is 28.8 Å². The largest absolute Gasteiger partial charge is 0.448 e. The van der Waals surface area contributed by atoms with E-state index in [-0.39, 0.29) is 19.6 Å². The van der Waals surface area contributed by atoms with Gasteiger partial charge in [-0.25, -0.2) is 9.59 Å². The van der Waals surface area contributed by atoms with Crippen LogP contribution in [-0.4, -0.2) is 86.7 Å². The molecule has 0 spiro atoms. The molecule has 3 aliphatic heterocycles. The number of nitrogens with zero attached hydrogens (tertiary/aromatic N) is 3. The van der Waals surface area contributed by atoms with E-state index in [2.05, 4.69) is 10.1 Å². The Morgan fingerprint density at radius 2 is 1.32 bits per heavy atom. The Morgan fingerprint density at radius 3 is 1.43 bits per heavy atom. The number of nitrogens with one attached hydrogen (secondary N) is 1. The molecule has 3 aliphatic rings. The lowest BCUT2D eigenvalue weighted by atomic mass is 10.4. The van der Waals surface area contributed by atoms with Crippen LogP contribution >= 0.6 is 0 Å². The van der Waals surface area contributed by atoms with Crippen molar-refractivity contribution in [3.63, 3.8) is 0 Å². The van der Waals surface area contributed by atoms with Crippen molar-refractivity contribution in [1.29, 1.82) is 0 Å². The molecule has 8 heteroatoms. The number of likely N-dealkylation sites (tertiary alicyclic amines) is 1. The molecular weight excluding hydrogens is 360 g/mol. The minimum absolute atomic E-state index is 0. The molecular formula is C20H46N4O4. The molecule has 0 unspecified atom stereocenters. The second-order valence-corrected chi connectivity index (χ2v) is 5.11. The number of hydrogen-bond donors (Lipinski definition) is 1. The third-order valence-corrected chi connectivity index (χ3v) is 3.34. The minimum atomic E-state index is -0.208. The van der Waals surface area contributed by atoms with E-state index in [0.717, 1.165) is 39.0 Å². The van der Waals surface area contributed by atoms with Gasteiger partial charge in [0.1, 0.15) is 6.61 Å². The molecule has 0 saturated carbocycles. The summed E-state index contributed by atoms with van der Waals surface area (Å²) in [6.07, 6.45) is 1.60. The topological polar surface area (TPSA) is 82.2 Å². The van der Waals surface area contributed by atoms with Crippen LogP contribution in [0.15, 0.2) is 0 Å². The molecule has 3 saturated heterocycles. The summed E-state index contributed by atoms with van der Waals surface area (Å²) in [5.74, 6) is 0.292. The third-order valence-electron chi connectivity index (χ3n) is 3.34. The molecule has 3 rings (SSSR count). The fourth-order valence-corrected chi connectivity index (χ4v) is 1.82. The maximum Gasteiger partial charge on any atom is 0.409 e. The zero-order valence-corrected chi connectivity index (χ0v) is 18.9. The molecule has 0 aromatic heterocycles. The normalized spacial score (nSPS) is 16.0. The second kappa shape index (κ2) is 23.0. The Labute approximate surface area is 173 Å². The molecule has 28 heavy (non-hydrogen) atoms. The number of carbonyl (C=O) groups is 3. The van der Waals surface area contributed by atoms with Gasteiger partial charge >= 0.3 is 12.1 Å². The quantitative estimate of drug-likeness (QED) is 0.665. The van der Waals surface area contributed by atoms with Crippen LogP contribution in [0.4, 0.5) is 9.59 Å². The number of carbonyl (C=O) groups excluding carboxylic acids is 3. The first-order valence-electron chi connectivity index (χ1n) is 10.0. The van der Waals surface area contributed by atoms with E-state index in [1.165, 1.54) is 0 Å². The van der Waals surface area contributed by atoms with Gasteiger partial charge in [-0.2, -0.15) is 0 Å². The molecule has 4 amide bonds. The van der Waals surface area contributed by atoms with Gasteiger partial charge in [0, 0.05) is 47.2 Å². The maximum absolute atomic E-state index is 10.5. The standard InChI is InChI=1S/C5H9NO.C4H8N2O.C4H7NO2.3C2H6.CH4/c1-6-4-2-3-5(6)7;1-6-3-2-5-4(6)7;1-5-2-3-7-4(5)6;3*1-2;/h2-4H2,1H3;2-3H2,1H3,(H,5,7);2-3H2,1H3;3*1-2H3;1H4. The molecule has 1 N–H and O–H groups in total. The molecule has 170 valence electrons. The first kappa shape index (κ1) is 33.6. The lowest BCUT2D eigenvalue weighted by Gasteiger charge is -2.03. The van der Waals surface area contributed by atoms with Gasteiger partial charge in [0.2, 0.25) is 5.91 Å². The summed E-state index contributed by atoms with van der Waals surface area (Å²) in [5, 5.41) is 2.66. The zero-order chi connectivity index (χ0) is 21.8. The fourth-order valence-electron chi connectivity index (χ4n) is 1.82. The number of rotatable bonds is 0. The average molecular weight is 407 g/mol. The van der Waals surface area contributed by atoms with Crippen molar-refractivity contribution in [3.05, 3.63) is 0 Å². The molecule has 0 aliphatic carbocycles. The van der Waals surface area contributed by atoms with Crippen LogP contribution in [0.2, 0.25) is 0 Å². The maximum atomic E-state index is 10.5. The van der Waals surface area contributed by atoms with Crippen molar-refractivity contribution in [2.24, 2.45) is 0 Å². The van der Waals surface area contributed by atoms with E-state index in [0.29, 0.717) is 12.5 Å². The van der Waals surface area contributed by atoms with Gasteiger partial charge in [0.15, 0.2) is 0 Å². The van der Waals surface area contributed by atoms with Crippen molar-refractivity contribution < 1.29 is 19.1 Å². The monoisotopic (exact) mass is 406 g/mol. The van der Waals surface area contributed by atoms with Crippen LogP contribution in [-0.2, 0) is 9.53 Å². The van der Waals surface area contributed by atoms with E-state index in [4.69, 9.17) is 0 Å². The SMILES string of the molecule is C.CC.CC.CC.CN1CCCC1=O.CN1CCNC1=O.CN1CCOC1=O. The minimum Gasteiger partial charge on any atom is -0.448 e. The van der Waals surface area contributed by atoms with E-state index < -0.39 is 0 Å². The molecule has 0 atom stereocenters. The van der Waals surface area contributed by atoms with Gasteiger partial charge in [-0.3, -0.25) is 4.79 Å². The number of hydrogen-bond acceptors (Lipinski definition) is 4. The number of urea groups is 1. The van der Waals surface area contributed by atoms with Gasteiger partial charge in [0.25, 0.3) is 0 Å². The molecule has 3 fully saturated rings. The highest BCUT2D eigenvalue weighted by molar-refractivity contribution is 5.77. The summed E-state index contributed by atoms with van der Waals surface area (Å²) in [5.41, 5.74) is 0. The van der Waals surface area contributed by atoms with E-state index >= 15 is 0 Å². The molecule has 0 bridgehead atoms. The summed E-state index contributed by atoms with van der Waals surface area (Å²) in [6, 6.07) is 0.0417. The molecule has 0 aromatic rings. The van der Waals surface area contributed by atoms with Crippen LogP contribution in [0.1, 0.15) is 61.8 Å². The van der Waals surface area contributed by atoms with Crippen LogP contribution in [0.3, 0.4) is 0 Å². The van der Waals surface area contributed by atoms with Crippen molar-refractivity contribution in [2.45, 2.75) is 61.8 Å². The summed E-state index contributed by atoms with van der Waals surface area (Å²) >= 11 is 0. The van der Waals surface area contributed by atoms with Crippen molar-refractivity contribution in [1.82, 2.24) is 20.0 Å². The van der Waals surface area contributed by atoms with Crippen molar-refractivity contribution in [2.75, 3.05) is 53.9 Å². The number of ether oxygens (including phenoxy) is 1. The number of cyclic esters (lactones) is 1. The second-order valence-electron chi connectivity index (χ2n) is 5.11. The van der Waals surface area contributed by atoms with Crippen molar-refractivity contribution in [3.8, 4) is 0 Å². The Balaban J connectivity index is -0.000000134. The summed E-state index contributed by atoms with van der Waals surface area (Å²) in [7, 11) is 5.34. The predicted octanol–water partition coefficient (Wildman–Crippen LogP) is 3.66. The highest BCUT2D eigenvalue weighted by Gasteiger charge is 2.16. The van der Waals surface area contributed by atoms with Gasteiger partial charge in [0.05, 0.1) is 6.54 Å². The fraction of sp³-hybridized carbons (Fsp3) is 0.850. The first-order valence-corrected chi connectivity index (χ1v) is 10.0. The van der Waals surface area contributed by atoms with Crippen LogP contribution < -0.4 is 5.32 Å². The van der Waals surface area contributed by atoms with Crippen LogP contribution in [0.25, 0.3) is 0 Å². The van der Waals surface area contributed by atoms with Gasteiger partial charge in [-0.05, 0) is 6.42 Å². The Kier molecular flexibility index (Phi) is 27.6. The zero-order valence-electron chi connectivity index (χ0n) is 18.9. The summed E-state index contributed by atoms with van der Waals surface area (Å²) in [4.78, 5) is 36.1. The Morgan fingerprint density at radius 1 is 0.786 bits per heavy atom. The van der Waals surface area contributed by atoms with E-state index in [1.807, 2.05) is 48.6 Å². The van der Waals surface area contributed by atoms with Crippen molar-refractivity contribution >= 4 is 18.0 Å². The summed E-state index contributed by atoms with van der Waals surface area (Å²) < 4.78 is 4.55. The van der Waals surface area contributed by atoms with Gasteiger partial charge in [-0.15, -0.1) is 0 Å². The molecule has 0 radical (unpaired) electrons. The highest BCUT2D eigenvalue weighted by Crippen LogP contribution is 2.04.